The number of ether oxygens (including phenoxy) is 2. The second-order valence-corrected chi connectivity index (χ2v) is 8.18. The van der Waals surface area contributed by atoms with Crippen molar-refractivity contribution in [3.63, 3.8) is 0 Å². The minimum Gasteiger partial charge on any atom is -0.496 e. The Bertz CT molecular complexity index is 845. The predicted octanol–water partition coefficient (Wildman–Crippen LogP) is 3.42. The van der Waals surface area contributed by atoms with Crippen molar-refractivity contribution in [3.05, 3.63) is 38.5 Å². The van der Waals surface area contributed by atoms with Gasteiger partial charge in [-0.05, 0) is 35.0 Å². The van der Waals surface area contributed by atoms with E-state index in [9.17, 15) is 13.2 Å². The average Bonchev–Trinajstić information content (AvgIpc) is 2.93. The van der Waals surface area contributed by atoms with Gasteiger partial charge in [-0.15, -0.1) is 11.3 Å². The molecule has 124 valence electrons. The lowest BCUT2D eigenvalue weighted by Gasteiger charge is -2.13. The minimum atomic E-state index is -3.71. The maximum atomic E-state index is 12.3. The number of hydrogen-bond acceptors (Lipinski definition) is 6. The fourth-order valence-corrected chi connectivity index (χ4v) is 4.65. The normalized spacial score (nSPS) is 11.1. The van der Waals surface area contributed by atoms with Crippen LogP contribution in [0.15, 0.2) is 32.9 Å². The molecule has 1 aromatic carbocycles. The third-order valence-electron chi connectivity index (χ3n) is 2.93. The summed E-state index contributed by atoms with van der Waals surface area (Å²) in [6.45, 7) is 1.83. The van der Waals surface area contributed by atoms with Crippen molar-refractivity contribution in [1.29, 1.82) is 0 Å². The van der Waals surface area contributed by atoms with Crippen LogP contribution in [-0.2, 0) is 14.8 Å². The topological polar surface area (TPSA) is 81.7 Å². The predicted molar refractivity (Wildman–Crippen MR) is 91.9 cm³/mol. The van der Waals surface area contributed by atoms with Gasteiger partial charge in [0.1, 0.15) is 11.3 Å². The summed E-state index contributed by atoms with van der Waals surface area (Å²) in [5.74, 6) is -0.387. The smallest absolute Gasteiger partial charge is 0.342 e. The lowest BCUT2D eigenvalue weighted by Crippen LogP contribution is -2.13. The zero-order valence-electron chi connectivity index (χ0n) is 12.5. The number of benzene rings is 1. The van der Waals surface area contributed by atoms with Crippen molar-refractivity contribution < 1.29 is 22.7 Å². The van der Waals surface area contributed by atoms with E-state index in [0.29, 0.717) is 4.47 Å². The number of hydrogen-bond donors (Lipinski definition) is 1. The van der Waals surface area contributed by atoms with Gasteiger partial charge in [-0.2, -0.15) is 0 Å². The van der Waals surface area contributed by atoms with E-state index < -0.39 is 16.0 Å². The molecule has 0 bridgehead atoms. The van der Waals surface area contributed by atoms with E-state index in [1.807, 2.05) is 6.92 Å². The fourth-order valence-electron chi connectivity index (χ4n) is 1.88. The van der Waals surface area contributed by atoms with E-state index in [2.05, 4.69) is 25.4 Å². The Kier molecular flexibility index (Phi) is 5.33. The van der Waals surface area contributed by atoms with Gasteiger partial charge in [0.15, 0.2) is 0 Å². The van der Waals surface area contributed by atoms with Gasteiger partial charge < -0.3 is 9.47 Å². The first-order chi connectivity index (χ1) is 10.8. The molecule has 0 aliphatic heterocycles. The number of thiophene rings is 1. The Morgan fingerprint density at radius 3 is 2.48 bits per heavy atom. The van der Waals surface area contributed by atoms with Crippen LogP contribution in [0.5, 0.6) is 5.75 Å². The molecule has 0 amide bonds. The molecular formula is C14H14BrNO5S2. The molecule has 1 heterocycles. The SMILES string of the molecule is COC(=O)c1c(Br)cc(NS(=O)(=O)c2csc(C)c2)cc1OC. The number of esters is 1. The van der Waals surface area contributed by atoms with Crippen LogP contribution in [0.3, 0.4) is 0 Å². The summed E-state index contributed by atoms with van der Waals surface area (Å²) in [7, 11) is -1.07. The molecular weight excluding hydrogens is 406 g/mol. The minimum absolute atomic E-state index is 0.185. The van der Waals surface area contributed by atoms with Gasteiger partial charge in [0, 0.05) is 20.8 Å². The number of carbonyl (C=O) groups is 1. The molecule has 0 saturated carbocycles. The molecule has 2 aromatic rings. The van der Waals surface area contributed by atoms with E-state index in [-0.39, 0.29) is 21.9 Å². The second kappa shape index (κ2) is 6.90. The molecule has 2 rings (SSSR count). The molecule has 0 atom stereocenters. The van der Waals surface area contributed by atoms with Crippen LogP contribution in [0.2, 0.25) is 0 Å². The summed E-state index contributed by atoms with van der Waals surface area (Å²) in [6, 6.07) is 4.49. The van der Waals surface area contributed by atoms with Crippen molar-refractivity contribution in [2.24, 2.45) is 0 Å². The number of aryl methyl sites for hydroxylation is 1. The molecule has 0 saturated heterocycles. The molecule has 0 radical (unpaired) electrons. The summed E-state index contributed by atoms with van der Waals surface area (Å²) in [4.78, 5) is 12.8. The quantitative estimate of drug-likeness (QED) is 0.750. The highest BCUT2D eigenvalue weighted by molar-refractivity contribution is 9.10. The van der Waals surface area contributed by atoms with Crippen molar-refractivity contribution in [1.82, 2.24) is 0 Å². The molecule has 0 aliphatic carbocycles. The third kappa shape index (κ3) is 3.85. The molecule has 9 heteroatoms. The van der Waals surface area contributed by atoms with E-state index in [4.69, 9.17) is 4.74 Å². The molecule has 1 N–H and O–H groups in total. The maximum Gasteiger partial charge on any atom is 0.342 e. The average molecular weight is 420 g/mol. The van der Waals surface area contributed by atoms with Crippen molar-refractivity contribution in [3.8, 4) is 5.75 Å². The number of anilines is 1. The van der Waals surface area contributed by atoms with Crippen LogP contribution in [0.4, 0.5) is 5.69 Å². The second-order valence-electron chi connectivity index (χ2n) is 4.53. The highest BCUT2D eigenvalue weighted by atomic mass is 79.9. The number of methoxy groups -OCH3 is 2. The molecule has 0 spiro atoms. The highest BCUT2D eigenvalue weighted by Crippen LogP contribution is 2.33. The van der Waals surface area contributed by atoms with Gasteiger partial charge in [0.25, 0.3) is 10.0 Å². The summed E-state index contributed by atoms with van der Waals surface area (Å²) in [6.07, 6.45) is 0. The van der Waals surface area contributed by atoms with Gasteiger partial charge >= 0.3 is 5.97 Å². The zero-order chi connectivity index (χ0) is 17.2. The Hall–Kier alpha value is -1.58. The van der Waals surface area contributed by atoms with Gasteiger partial charge in [0.05, 0.1) is 24.8 Å². The van der Waals surface area contributed by atoms with E-state index in [1.165, 1.54) is 37.7 Å². The summed E-state index contributed by atoms with van der Waals surface area (Å²) < 4.78 is 37.4. The first-order valence-electron chi connectivity index (χ1n) is 6.32. The van der Waals surface area contributed by atoms with Crippen molar-refractivity contribution >= 4 is 48.9 Å². The first-order valence-corrected chi connectivity index (χ1v) is 9.48. The Labute approximate surface area is 146 Å². The highest BCUT2D eigenvalue weighted by Gasteiger charge is 2.21. The number of nitrogens with one attached hydrogen (secondary N) is 1. The van der Waals surface area contributed by atoms with Crippen molar-refractivity contribution in [2.75, 3.05) is 18.9 Å². The van der Waals surface area contributed by atoms with Gasteiger partial charge in [0.2, 0.25) is 0 Å². The lowest BCUT2D eigenvalue weighted by atomic mass is 10.2. The summed E-state index contributed by atoms with van der Waals surface area (Å²) >= 11 is 4.58. The molecule has 23 heavy (non-hydrogen) atoms. The lowest BCUT2D eigenvalue weighted by molar-refractivity contribution is 0.0596. The van der Waals surface area contributed by atoms with Crippen LogP contribution in [0.1, 0.15) is 15.2 Å². The standard InChI is InChI=1S/C14H14BrNO5S2/c1-8-4-10(7-22-8)23(18,19)16-9-5-11(15)13(14(17)21-3)12(6-9)20-2/h4-7,16H,1-3H3. The van der Waals surface area contributed by atoms with Gasteiger partial charge in [-0.3, -0.25) is 4.72 Å². The molecule has 0 aliphatic rings. The van der Waals surface area contributed by atoms with Gasteiger partial charge in [-0.25, -0.2) is 13.2 Å². The Balaban J connectivity index is 2.42. The Morgan fingerprint density at radius 2 is 1.96 bits per heavy atom. The van der Waals surface area contributed by atoms with Crippen LogP contribution in [0.25, 0.3) is 0 Å². The van der Waals surface area contributed by atoms with Crippen molar-refractivity contribution in [2.45, 2.75) is 11.8 Å². The molecule has 6 nitrogen and oxygen atoms in total. The zero-order valence-corrected chi connectivity index (χ0v) is 15.8. The van der Waals surface area contributed by atoms with Crippen LogP contribution >= 0.6 is 27.3 Å². The van der Waals surface area contributed by atoms with E-state index in [1.54, 1.807) is 11.4 Å². The third-order valence-corrected chi connectivity index (χ3v) is 5.93. The van der Waals surface area contributed by atoms with Crippen LogP contribution < -0.4 is 9.46 Å². The first kappa shape index (κ1) is 17.8. The molecule has 0 fully saturated rings. The maximum absolute atomic E-state index is 12.3. The number of carbonyl (C=O) groups excluding carboxylic acids is 1. The number of halogens is 1. The monoisotopic (exact) mass is 419 g/mol. The van der Waals surface area contributed by atoms with E-state index in [0.717, 1.165) is 4.88 Å². The Morgan fingerprint density at radius 1 is 1.26 bits per heavy atom. The fraction of sp³-hybridized carbons (Fsp3) is 0.214. The molecule has 1 aromatic heterocycles. The largest absolute Gasteiger partial charge is 0.496 e. The molecule has 0 unspecified atom stereocenters. The number of rotatable bonds is 5. The number of sulfonamides is 1. The van der Waals surface area contributed by atoms with Crippen LogP contribution in [0, 0.1) is 6.92 Å². The van der Waals surface area contributed by atoms with Crippen LogP contribution in [-0.4, -0.2) is 28.6 Å². The summed E-state index contributed by atoms with van der Waals surface area (Å²) in [5.41, 5.74) is 0.453. The van der Waals surface area contributed by atoms with Gasteiger partial charge in [-0.1, -0.05) is 0 Å². The van der Waals surface area contributed by atoms with E-state index >= 15 is 0 Å². The summed E-state index contributed by atoms with van der Waals surface area (Å²) in [5, 5.41) is 1.56.